The monoisotopic (exact) mass is 287 g/mol. The molecule has 1 aromatic rings. The normalized spacial score (nSPS) is 25.3. The number of hydrogen-bond acceptors (Lipinski definition) is 5. The van der Waals surface area contributed by atoms with E-state index in [1.165, 1.54) is 0 Å². The molecule has 21 heavy (non-hydrogen) atoms. The molecule has 1 saturated heterocycles. The van der Waals surface area contributed by atoms with Gasteiger partial charge in [0, 0.05) is 25.1 Å². The lowest BCUT2D eigenvalue weighted by Gasteiger charge is -2.35. The molecule has 0 radical (unpaired) electrons. The van der Waals surface area contributed by atoms with E-state index in [9.17, 15) is 5.26 Å². The van der Waals surface area contributed by atoms with Gasteiger partial charge in [0.25, 0.3) is 0 Å². The number of nitriles is 1. The summed E-state index contributed by atoms with van der Waals surface area (Å²) in [6.07, 6.45) is 1.77. The fourth-order valence-corrected chi connectivity index (χ4v) is 2.84. The highest BCUT2D eigenvalue weighted by Gasteiger charge is 2.31. The number of rotatable bonds is 2. The van der Waals surface area contributed by atoms with Gasteiger partial charge in [-0.2, -0.15) is 5.26 Å². The van der Waals surface area contributed by atoms with Crippen LogP contribution in [0.2, 0.25) is 0 Å². The van der Waals surface area contributed by atoms with Gasteiger partial charge in [0.15, 0.2) is 0 Å². The van der Waals surface area contributed by atoms with Crippen LogP contribution in [0.15, 0.2) is 6.07 Å². The molecule has 0 aromatic carbocycles. The van der Waals surface area contributed by atoms with Crippen LogP contribution in [0.3, 0.4) is 0 Å². The fraction of sp³-hybridized carbons (Fsp3) is 0.625. The van der Waals surface area contributed by atoms with Gasteiger partial charge in [0.05, 0.1) is 36.7 Å². The van der Waals surface area contributed by atoms with Crippen LogP contribution >= 0.6 is 0 Å². The topological polar surface area (TPSA) is 58.4 Å². The summed E-state index contributed by atoms with van der Waals surface area (Å²) in [5, 5.41) is 9.41. The van der Waals surface area contributed by atoms with E-state index in [0.29, 0.717) is 25.4 Å². The van der Waals surface area contributed by atoms with Crippen LogP contribution in [0.25, 0.3) is 0 Å². The quantitative estimate of drug-likeness (QED) is 0.833. The molecule has 0 amide bonds. The standard InChI is InChI=1S/C16H21N3O2/c1-3-16(2)9-14-13(11-21-16)8-12(10-17)15(18-14)19-4-6-20-7-5-19/h8H,3-7,9,11H2,1-2H3. The molecular weight excluding hydrogens is 266 g/mol. The Kier molecular flexibility index (Phi) is 3.83. The second-order valence-electron chi connectivity index (χ2n) is 5.95. The van der Waals surface area contributed by atoms with Gasteiger partial charge >= 0.3 is 0 Å². The number of ether oxygens (including phenoxy) is 2. The predicted octanol–water partition coefficient (Wildman–Crippen LogP) is 2.03. The Bertz CT molecular complexity index is 576. The Balaban J connectivity index is 1.97. The first kappa shape index (κ1) is 14.3. The molecule has 1 fully saturated rings. The van der Waals surface area contributed by atoms with Crippen LogP contribution in [-0.2, 0) is 22.5 Å². The van der Waals surface area contributed by atoms with Gasteiger partial charge in [-0.15, -0.1) is 0 Å². The number of aromatic nitrogens is 1. The SMILES string of the molecule is CCC1(C)Cc2nc(N3CCOCC3)c(C#N)cc2CO1. The molecule has 5 nitrogen and oxygen atoms in total. The molecule has 1 aromatic heterocycles. The van der Waals surface area contributed by atoms with Crippen molar-refractivity contribution in [2.75, 3.05) is 31.2 Å². The van der Waals surface area contributed by atoms with Crippen molar-refractivity contribution < 1.29 is 9.47 Å². The molecule has 0 N–H and O–H groups in total. The minimum Gasteiger partial charge on any atom is -0.378 e. The van der Waals surface area contributed by atoms with Crippen molar-refractivity contribution in [3.8, 4) is 6.07 Å². The van der Waals surface area contributed by atoms with E-state index >= 15 is 0 Å². The number of anilines is 1. The Hall–Kier alpha value is -1.64. The van der Waals surface area contributed by atoms with E-state index in [1.54, 1.807) is 0 Å². The van der Waals surface area contributed by atoms with Gasteiger partial charge in [-0.05, 0) is 19.4 Å². The van der Waals surface area contributed by atoms with E-state index in [2.05, 4.69) is 24.8 Å². The lowest BCUT2D eigenvalue weighted by molar-refractivity contribution is -0.0574. The van der Waals surface area contributed by atoms with E-state index in [0.717, 1.165) is 43.0 Å². The van der Waals surface area contributed by atoms with Crippen molar-refractivity contribution >= 4 is 5.82 Å². The summed E-state index contributed by atoms with van der Waals surface area (Å²) in [6, 6.07) is 4.22. The highest BCUT2D eigenvalue weighted by atomic mass is 16.5. The number of hydrogen-bond donors (Lipinski definition) is 0. The summed E-state index contributed by atoms with van der Waals surface area (Å²) in [6.45, 7) is 7.79. The molecule has 0 bridgehead atoms. The summed E-state index contributed by atoms with van der Waals surface area (Å²) in [7, 11) is 0. The first-order valence-corrected chi connectivity index (χ1v) is 7.55. The van der Waals surface area contributed by atoms with Gasteiger partial charge in [-0.3, -0.25) is 0 Å². The van der Waals surface area contributed by atoms with Gasteiger partial charge in [-0.25, -0.2) is 4.98 Å². The first-order chi connectivity index (χ1) is 10.1. The van der Waals surface area contributed by atoms with Gasteiger partial charge in [-0.1, -0.05) is 6.92 Å². The molecule has 0 aliphatic carbocycles. The Labute approximate surface area is 125 Å². The molecule has 1 atom stereocenters. The molecule has 5 heteroatoms. The third kappa shape index (κ3) is 2.74. The van der Waals surface area contributed by atoms with Gasteiger partial charge in [0.1, 0.15) is 11.9 Å². The molecular formula is C16H21N3O2. The minimum absolute atomic E-state index is 0.142. The second-order valence-corrected chi connectivity index (χ2v) is 5.95. The Morgan fingerprint density at radius 1 is 1.43 bits per heavy atom. The number of morpholine rings is 1. The first-order valence-electron chi connectivity index (χ1n) is 7.55. The largest absolute Gasteiger partial charge is 0.378 e. The maximum atomic E-state index is 9.41. The summed E-state index contributed by atoms with van der Waals surface area (Å²) >= 11 is 0. The van der Waals surface area contributed by atoms with Crippen LogP contribution in [0.1, 0.15) is 37.1 Å². The van der Waals surface area contributed by atoms with Crippen LogP contribution in [0.4, 0.5) is 5.82 Å². The Morgan fingerprint density at radius 2 is 2.19 bits per heavy atom. The molecule has 3 heterocycles. The van der Waals surface area contributed by atoms with Crippen molar-refractivity contribution in [2.24, 2.45) is 0 Å². The van der Waals surface area contributed by atoms with E-state index < -0.39 is 0 Å². The molecule has 1 unspecified atom stereocenters. The molecule has 3 rings (SSSR count). The lowest BCUT2D eigenvalue weighted by Crippen LogP contribution is -2.39. The third-order valence-electron chi connectivity index (χ3n) is 4.47. The average Bonchev–Trinajstić information content (AvgIpc) is 2.54. The molecule has 0 spiro atoms. The van der Waals surface area contributed by atoms with Crippen molar-refractivity contribution in [3.63, 3.8) is 0 Å². The van der Waals surface area contributed by atoms with Crippen molar-refractivity contribution in [1.82, 2.24) is 4.98 Å². The highest BCUT2D eigenvalue weighted by Crippen LogP contribution is 2.32. The maximum absolute atomic E-state index is 9.41. The fourth-order valence-electron chi connectivity index (χ4n) is 2.84. The smallest absolute Gasteiger partial charge is 0.146 e. The summed E-state index contributed by atoms with van der Waals surface area (Å²) in [5.74, 6) is 0.805. The van der Waals surface area contributed by atoms with E-state index in [4.69, 9.17) is 14.5 Å². The van der Waals surface area contributed by atoms with Gasteiger partial charge in [0.2, 0.25) is 0 Å². The predicted molar refractivity (Wildman–Crippen MR) is 79.2 cm³/mol. The zero-order valence-electron chi connectivity index (χ0n) is 12.7. The lowest BCUT2D eigenvalue weighted by atomic mass is 9.91. The molecule has 2 aliphatic rings. The highest BCUT2D eigenvalue weighted by molar-refractivity contribution is 5.56. The number of nitrogens with zero attached hydrogens (tertiary/aromatic N) is 3. The zero-order valence-corrected chi connectivity index (χ0v) is 12.7. The summed E-state index contributed by atoms with van der Waals surface area (Å²) in [4.78, 5) is 6.97. The van der Waals surface area contributed by atoms with Crippen molar-refractivity contribution in [3.05, 3.63) is 22.9 Å². The molecule has 0 saturated carbocycles. The molecule has 112 valence electrons. The second kappa shape index (κ2) is 5.63. The minimum atomic E-state index is -0.142. The summed E-state index contributed by atoms with van der Waals surface area (Å²) < 4.78 is 11.3. The van der Waals surface area contributed by atoms with Crippen LogP contribution < -0.4 is 4.90 Å². The van der Waals surface area contributed by atoms with E-state index in [-0.39, 0.29) is 5.60 Å². The Morgan fingerprint density at radius 3 is 2.86 bits per heavy atom. The summed E-state index contributed by atoms with van der Waals surface area (Å²) in [5.41, 5.74) is 2.62. The third-order valence-corrected chi connectivity index (χ3v) is 4.47. The average molecular weight is 287 g/mol. The van der Waals surface area contributed by atoms with E-state index in [1.807, 2.05) is 6.07 Å². The van der Waals surface area contributed by atoms with Crippen LogP contribution in [-0.4, -0.2) is 36.9 Å². The van der Waals surface area contributed by atoms with Crippen LogP contribution in [0, 0.1) is 11.3 Å². The van der Waals surface area contributed by atoms with Crippen molar-refractivity contribution in [2.45, 2.75) is 38.9 Å². The van der Waals surface area contributed by atoms with Crippen molar-refractivity contribution in [1.29, 1.82) is 5.26 Å². The number of pyridine rings is 1. The van der Waals surface area contributed by atoms with Crippen LogP contribution in [0.5, 0.6) is 0 Å². The number of fused-ring (bicyclic) bond motifs is 1. The molecule has 2 aliphatic heterocycles. The zero-order chi connectivity index (χ0) is 14.9. The van der Waals surface area contributed by atoms with Gasteiger partial charge < -0.3 is 14.4 Å². The maximum Gasteiger partial charge on any atom is 0.146 e.